The van der Waals surface area contributed by atoms with Crippen molar-refractivity contribution in [2.75, 3.05) is 6.61 Å². The third-order valence-electron chi connectivity index (χ3n) is 1.81. The molecule has 6 heteroatoms. The summed E-state index contributed by atoms with van der Waals surface area (Å²) in [6.07, 6.45) is -3.14. The molecule has 0 aromatic carbocycles. The first-order chi connectivity index (χ1) is 6.49. The van der Waals surface area contributed by atoms with Gasteiger partial charge in [0.15, 0.2) is 5.69 Å². The number of aliphatic hydroxyl groups is 1. The second-order valence-electron chi connectivity index (χ2n) is 2.83. The van der Waals surface area contributed by atoms with Crippen molar-refractivity contribution in [2.24, 2.45) is 0 Å². The summed E-state index contributed by atoms with van der Waals surface area (Å²) in [4.78, 5) is 0. The molecule has 0 saturated heterocycles. The summed E-state index contributed by atoms with van der Waals surface area (Å²) < 4.78 is 38.3. The molecule has 3 nitrogen and oxygen atoms in total. The molecular weight excluding hydrogens is 197 g/mol. The molecule has 0 fully saturated rings. The quantitative estimate of drug-likeness (QED) is 0.816. The summed E-state index contributed by atoms with van der Waals surface area (Å²) in [6, 6.07) is 0. The maximum atomic E-state index is 12.4. The predicted molar refractivity (Wildman–Crippen MR) is 43.7 cm³/mol. The highest BCUT2D eigenvalue weighted by Crippen LogP contribution is 2.30. The highest BCUT2D eigenvalue weighted by molar-refractivity contribution is 5.20. The lowest BCUT2D eigenvalue weighted by atomic mass is 10.2. The topological polar surface area (TPSA) is 38.0 Å². The van der Waals surface area contributed by atoms with Crippen LogP contribution in [0.2, 0.25) is 0 Å². The number of halogens is 3. The zero-order valence-electron chi connectivity index (χ0n) is 7.67. The molecule has 1 aromatic rings. The minimum atomic E-state index is -4.44. The summed E-state index contributed by atoms with van der Waals surface area (Å²) in [5, 5.41) is 12.0. The molecule has 0 radical (unpaired) electrons. The van der Waals surface area contributed by atoms with Crippen molar-refractivity contribution in [3.63, 3.8) is 0 Å². The van der Waals surface area contributed by atoms with Crippen LogP contribution in [0, 0.1) is 0 Å². The van der Waals surface area contributed by atoms with Crippen LogP contribution in [0.25, 0.3) is 0 Å². The van der Waals surface area contributed by atoms with Crippen molar-refractivity contribution < 1.29 is 18.3 Å². The van der Waals surface area contributed by atoms with Crippen molar-refractivity contribution in [1.82, 2.24) is 9.78 Å². The van der Waals surface area contributed by atoms with Crippen molar-refractivity contribution in [2.45, 2.75) is 26.1 Å². The minimum absolute atomic E-state index is 0.0190. The molecule has 14 heavy (non-hydrogen) atoms. The van der Waals surface area contributed by atoms with E-state index in [1.165, 1.54) is 10.9 Å². The van der Waals surface area contributed by atoms with Gasteiger partial charge in [-0.05, 0) is 13.3 Å². The molecule has 80 valence electrons. The van der Waals surface area contributed by atoms with Crippen molar-refractivity contribution in [1.29, 1.82) is 0 Å². The van der Waals surface area contributed by atoms with Crippen LogP contribution in [0.4, 0.5) is 13.2 Å². The first kappa shape index (κ1) is 11.0. The van der Waals surface area contributed by atoms with Crippen molar-refractivity contribution >= 4 is 0 Å². The Labute approximate surface area is 79.2 Å². The molecule has 0 aliphatic heterocycles. The molecule has 1 N–H and O–H groups in total. The Hall–Kier alpha value is -1.04. The van der Waals surface area contributed by atoms with Crippen molar-refractivity contribution in [3.05, 3.63) is 17.5 Å². The molecule has 1 aromatic heterocycles. The van der Waals surface area contributed by atoms with E-state index in [9.17, 15) is 13.2 Å². The van der Waals surface area contributed by atoms with E-state index in [2.05, 4.69) is 5.10 Å². The van der Waals surface area contributed by atoms with E-state index < -0.39 is 11.9 Å². The SMILES string of the molecule is CCn1cc(CCO)c(C(F)(F)F)n1. The number of alkyl halides is 3. The molecule has 1 rings (SSSR count). The Morgan fingerprint density at radius 1 is 1.50 bits per heavy atom. The first-order valence-corrected chi connectivity index (χ1v) is 4.23. The Bertz CT molecular complexity index is 306. The number of aromatic nitrogens is 2. The Morgan fingerprint density at radius 2 is 2.14 bits per heavy atom. The molecule has 0 atom stereocenters. The van der Waals surface area contributed by atoms with Crippen LogP contribution in [-0.2, 0) is 19.1 Å². The van der Waals surface area contributed by atoms with Gasteiger partial charge in [0, 0.05) is 24.9 Å². The van der Waals surface area contributed by atoms with Gasteiger partial charge in [-0.25, -0.2) is 0 Å². The van der Waals surface area contributed by atoms with Crippen LogP contribution in [-0.4, -0.2) is 21.5 Å². The smallest absolute Gasteiger partial charge is 0.396 e. The average molecular weight is 208 g/mol. The van der Waals surface area contributed by atoms with Gasteiger partial charge >= 0.3 is 6.18 Å². The largest absolute Gasteiger partial charge is 0.435 e. The number of hydrogen-bond donors (Lipinski definition) is 1. The van der Waals surface area contributed by atoms with E-state index in [4.69, 9.17) is 5.11 Å². The molecule has 0 saturated carbocycles. The Kier molecular flexibility index (Phi) is 3.15. The Balaban J connectivity index is 3.06. The van der Waals surface area contributed by atoms with E-state index in [0.29, 0.717) is 6.54 Å². The summed E-state index contributed by atoms with van der Waals surface area (Å²) in [5.74, 6) is 0. The average Bonchev–Trinajstić information content (AvgIpc) is 2.48. The maximum absolute atomic E-state index is 12.4. The molecular formula is C8H11F3N2O. The van der Waals surface area contributed by atoms with Crippen LogP contribution < -0.4 is 0 Å². The second-order valence-corrected chi connectivity index (χ2v) is 2.83. The summed E-state index contributed by atoms with van der Waals surface area (Å²) >= 11 is 0. The zero-order chi connectivity index (χ0) is 10.8. The van der Waals surface area contributed by atoms with Crippen LogP contribution in [0.1, 0.15) is 18.2 Å². The number of aliphatic hydroxyl groups excluding tert-OH is 1. The molecule has 0 amide bonds. The first-order valence-electron chi connectivity index (χ1n) is 4.23. The van der Waals surface area contributed by atoms with E-state index in [1.54, 1.807) is 6.92 Å². The summed E-state index contributed by atoms with van der Waals surface area (Å²) in [6.45, 7) is 1.78. The standard InChI is InChI=1S/C8H11F3N2O/c1-2-13-5-6(3-4-14)7(12-13)8(9,10)11/h5,14H,2-4H2,1H3. The third kappa shape index (κ3) is 2.25. The van der Waals surface area contributed by atoms with Crippen LogP contribution in [0.5, 0.6) is 0 Å². The number of nitrogens with zero attached hydrogens (tertiary/aromatic N) is 2. The van der Waals surface area contributed by atoms with E-state index in [-0.39, 0.29) is 18.6 Å². The third-order valence-corrected chi connectivity index (χ3v) is 1.81. The van der Waals surface area contributed by atoms with Gasteiger partial charge < -0.3 is 5.11 Å². The lowest BCUT2D eigenvalue weighted by Gasteiger charge is -2.04. The van der Waals surface area contributed by atoms with Gasteiger partial charge in [0.1, 0.15) is 0 Å². The fourth-order valence-corrected chi connectivity index (χ4v) is 1.17. The monoisotopic (exact) mass is 208 g/mol. The van der Waals surface area contributed by atoms with E-state index in [1.807, 2.05) is 0 Å². The number of hydrogen-bond acceptors (Lipinski definition) is 2. The normalized spacial score (nSPS) is 12.1. The van der Waals surface area contributed by atoms with Gasteiger partial charge in [-0.3, -0.25) is 4.68 Å². The fraction of sp³-hybridized carbons (Fsp3) is 0.625. The predicted octanol–water partition coefficient (Wildman–Crippen LogP) is 1.46. The van der Waals surface area contributed by atoms with E-state index in [0.717, 1.165) is 0 Å². The zero-order valence-corrected chi connectivity index (χ0v) is 7.67. The fourth-order valence-electron chi connectivity index (χ4n) is 1.17. The van der Waals surface area contributed by atoms with Gasteiger partial charge in [-0.15, -0.1) is 0 Å². The molecule has 0 aliphatic carbocycles. The Morgan fingerprint density at radius 3 is 2.57 bits per heavy atom. The van der Waals surface area contributed by atoms with Gasteiger partial charge in [0.05, 0.1) is 0 Å². The van der Waals surface area contributed by atoms with E-state index >= 15 is 0 Å². The molecule has 1 heterocycles. The maximum Gasteiger partial charge on any atom is 0.435 e. The van der Waals surface area contributed by atoms with Gasteiger partial charge in [0.2, 0.25) is 0 Å². The molecule has 0 unspecified atom stereocenters. The van der Waals surface area contributed by atoms with Crippen molar-refractivity contribution in [3.8, 4) is 0 Å². The highest BCUT2D eigenvalue weighted by atomic mass is 19.4. The number of aryl methyl sites for hydroxylation is 1. The molecule has 0 bridgehead atoms. The second kappa shape index (κ2) is 4.00. The van der Waals surface area contributed by atoms with Crippen LogP contribution in [0.15, 0.2) is 6.20 Å². The van der Waals surface area contributed by atoms with Crippen LogP contribution in [0.3, 0.4) is 0 Å². The van der Waals surface area contributed by atoms with Crippen LogP contribution >= 0.6 is 0 Å². The highest BCUT2D eigenvalue weighted by Gasteiger charge is 2.36. The lowest BCUT2D eigenvalue weighted by Crippen LogP contribution is -2.10. The number of rotatable bonds is 3. The van der Waals surface area contributed by atoms with Gasteiger partial charge in [-0.2, -0.15) is 18.3 Å². The van der Waals surface area contributed by atoms with Gasteiger partial charge in [-0.1, -0.05) is 0 Å². The summed E-state index contributed by atoms with van der Waals surface area (Å²) in [5.41, 5.74) is -0.852. The molecule has 0 aliphatic rings. The summed E-state index contributed by atoms with van der Waals surface area (Å²) in [7, 11) is 0. The lowest BCUT2D eigenvalue weighted by molar-refractivity contribution is -0.142. The molecule has 0 spiro atoms. The van der Waals surface area contributed by atoms with Gasteiger partial charge in [0.25, 0.3) is 0 Å². The minimum Gasteiger partial charge on any atom is -0.396 e.